The zero-order valence-corrected chi connectivity index (χ0v) is 12.5. The molecule has 21 heavy (non-hydrogen) atoms. The molecule has 1 saturated heterocycles. The van der Waals surface area contributed by atoms with Crippen molar-refractivity contribution in [1.29, 1.82) is 0 Å². The number of rotatable bonds is 4. The Balaban J connectivity index is 2.22. The van der Waals surface area contributed by atoms with Gasteiger partial charge in [0.05, 0.1) is 11.8 Å². The molecule has 2 N–H and O–H groups in total. The summed E-state index contributed by atoms with van der Waals surface area (Å²) in [7, 11) is -4.01. The molecule has 0 bridgehead atoms. The standard InChI is InChI=1S/C13H18F2N2O3S/c1-2-20-9-3-5-17(6-4-9)21(18,19)13-8-12(16)10(14)7-11(13)15/h7-9H,2-6,16H2,1H3. The second-order valence-corrected chi connectivity index (χ2v) is 6.77. The third-order valence-corrected chi connectivity index (χ3v) is 5.39. The molecule has 0 amide bonds. The van der Waals surface area contributed by atoms with Crippen molar-refractivity contribution in [1.82, 2.24) is 4.31 Å². The summed E-state index contributed by atoms with van der Waals surface area (Å²) in [6, 6.07) is 1.32. The first-order valence-electron chi connectivity index (χ1n) is 6.72. The Morgan fingerprint density at radius 1 is 1.29 bits per heavy atom. The molecule has 118 valence electrons. The maximum atomic E-state index is 13.8. The van der Waals surface area contributed by atoms with E-state index in [1.165, 1.54) is 4.31 Å². The molecular weight excluding hydrogens is 302 g/mol. The lowest BCUT2D eigenvalue weighted by Crippen LogP contribution is -2.41. The molecule has 0 spiro atoms. The van der Waals surface area contributed by atoms with Crippen molar-refractivity contribution in [3.05, 3.63) is 23.8 Å². The summed E-state index contributed by atoms with van der Waals surface area (Å²) in [6.45, 7) is 2.92. The molecular formula is C13H18F2N2O3S. The molecule has 0 aromatic heterocycles. The lowest BCUT2D eigenvalue weighted by Gasteiger charge is -2.31. The lowest BCUT2D eigenvalue weighted by atomic mass is 10.1. The molecule has 0 unspecified atom stereocenters. The molecule has 5 nitrogen and oxygen atoms in total. The molecule has 0 atom stereocenters. The van der Waals surface area contributed by atoms with Gasteiger partial charge in [0, 0.05) is 25.8 Å². The van der Waals surface area contributed by atoms with Gasteiger partial charge in [-0.25, -0.2) is 17.2 Å². The number of nitrogen functional groups attached to an aromatic ring is 1. The number of halogens is 2. The van der Waals surface area contributed by atoms with E-state index < -0.39 is 26.6 Å². The van der Waals surface area contributed by atoms with Crippen LogP contribution in [0.5, 0.6) is 0 Å². The second kappa shape index (κ2) is 6.25. The summed E-state index contributed by atoms with van der Waals surface area (Å²) in [5, 5.41) is 0. The molecule has 1 aromatic carbocycles. The zero-order chi connectivity index (χ0) is 15.6. The smallest absolute Gasteiger partial charge is 0.246 e. The Hall–Kier alpha value is -1.25. The SMILES string of the molecule is CCOC1CCN(S(=O)(=O)c2cc(N)c(F)cc2F)CC1. The minimum Gasteiger partial charge on any atom is -0.396 e. The fraction of sp³-hybridized carbons (Fsp3) is 0.538. The van der Waals surface area contributed by atoms with E-state index in [0.29, 0.717) is 25.5 Å². The largest absolute Gasteiger partial charge is 0.396 e. The molecule has 1 aliphatic rings. The number of nitrogens with two attached hydrogens (primary N) is 1. The van der Waals surface area contributed by atoms with E-state index in [1.54, 1.807) is 0 Å². The Bertz CT molecular complexity index is 614. The highest BCUT2D eigenvalue weighted by Gasteiger charge is 2.32. The van der Waals surface area contributed by atoms with Crippen LogP contribution in [0.25, 0.3) is 0 Å². The number of nitrogens with zero attached hydrogens (tertiary/aromatic N) is 1. The first-order chi connectivity index (χ1) is 9.86. The van der Waals surface area contributed by atoms with E-state index in [2.05, 4.69) is 0 Å². The molecule has 1 fully saturated rings. The number of hydrogen-bond acceptors (Lipinski definition) is 4. The fourth-order valence-electron chi connectivity index (χ4n) is 2.36. The summed E-state index contributed by atoms with van der Waals surface area (Å²) in [4.78, 5) is -0.587. The number of hydrogen-bond donors (Lipinski definition) is 1. The van der Waals surface area contributed by atoms with Gasteiger partial charge in [0.15, 0.2) is 0 Å². The Morgan fingerprint density at radius 3 is 2.48 bits per heavy atom. The predicted octanol–water partition coefficient (Wildman–Crippen LogP) is 1.74. The van der Waals surface area contributed by atoms with Crippen molar-refractivity contribution in [2.45, 2.75) is 30.8 Å². The number of sulfonamides is 1. The maximum Gasteiger partial charge on any atom is 0.246 e. The van der Waals surface area contributed by atoms with E-state index in [-0.39, 0.29) is 24.9 Å². The Labute approximate surface area is 122 Å². The van der Waals surface area contributed by atoms with Gasteiger partial charge < -0.3 is 10.5 Å². The minimum absolute atomic E-state index is 0.0181. The summed E-state index contributed by atoms with van der Waals surface area (Å²) < 4.78 is 58.3. The highest BCUT2D eigenvalue weighted by atomic mass is 32.2. The van der Waals surface area contributed by atoms with Gasteiger partial charge in [-0.05, 0) is 25.8 Å². The van der Waals surface area contributed by atoms with E-state index in [1.807, 2.05) is 6.92 Å². The summed E-state index contributed by atoms with van der Waals surface area (Å²) in [6.07, 6.45) is 1.11. The van der Waals surface area contributed by atoms with Gasteiger partial charge in [-0.1, -0.05) is 0 Å². The van der Waals surface area contributed by atoms with Crippen LogP contribution in [-0.4, -0.2) is 38.5 Å². The van der Waals surface area contributed by atoms with E-state index >= 15 is 0 Å². The first-order valence-corrected chi connectivity index (χ1v) is 8.16. The maximum absolute atomic E-state index is 13.8. The second-order valence-electron chi connectivity index (χ2n) is 4.86. The lowest BCUT2D eigenvalue weighted by molar-refractivity contribution is 0.0290. The van der Waals surface area contributed by atoms with Crippen LogP contribution in [0.1, 0.15) is 19.8 Å². The van der Waals surface area contributed by atoms with Gasteiger partial charge in [-0.15, -0.1) is 0 Å². The Kier molecular flexibility index (Phi) is 4.80. The molecule has 0 aliphatic carbocycles. The quantitative estimate of drug-likeness (QED) is 0.858. The summed E-state index contributed by atoms with van der Waals surface area (Å²) in [5.74, 6) is -2.10. The number of piperidine rings is 1. The van der Waals surface area contributed by atoms with Crippen LogP contribution in [-0.2, 0) is 14.8 Å². The van der Waals surface area contributed by atoms with Crippen molar-refractivity contribution in [2.24, 2.45) is 0 Å². The summed E-state index contributed by atoms with van der Waals surface area (Å²) >= 11 is 0. The zero-order valence-electron chi connectivity index (χ0n) is 11.7. The van der Waals surface area contributed by atoms with E-state index in [9.17, 15) is 17.2 Å². The van der Waals surface area contributed by atoms with Crippen LogP contribution >= 0.6 is 0 Å². The normalized spacial score (nSPS) is 18.0. The van der Waals surface area contributed by atoms with Crippen LogP contribution in [0.3, 0.4) is 0 Å². The van der Waals surface area contributed by atoms with Crippen LogP contribution in [0.2, 0.25) is 0 Å². The van der Waals surface area contributed by atoms with E-state index in [4.69, 9.17) is 10.5 Å². The predicted molar refractivity (Wildman–Crippen MR) is 74.2 cm³/mol. The molecule has 2 rings (SSSR count). The van der Waals surface area contributed by atoms with Crippen molar-refractivity contribution in [3.63, 3.8) is 0 Å². The van der Waals surface area contributed by atoms with Crippen molar-refractivity contribution in [3.8, 4) is 0 Å². The van der Waals surface area contributed by atoms with Crippen molar-refractivity contribution >= 4 is 15.7 Å². The molecule has 1 heterocycles. The van der Waals surface area contributed by atoms with Gasteiger partial charge in [-0.3, -0.25) is 0 Å². The number of benzene rings is 1. The third-order valence-electron chi connectivity index (χ3n) is 3.47. The molecule has 1 aromatic rings. The minimum atomic E-state index is -4.01. The van der Waals surface area contributed by atoms with Gasteiger partial charge in [0.2, 0.25) is 10.0 Å². The van der Waals surface area contributed by atoms with Crippen LogP contribution in [0, 0.1) is 11.6 Å². The number of anilines is 1. The third kappa shape index (κ3) is 3.33. The van der Waals surface area contributed by atoms with Gasteiger partial charge in [-0.2, -0.15) is 4.31 Å². The molecule has 8 heteroatoms. The highest BCUT2D eigenvalue weighted by Crippen LogP contribution is 2.26. The van der Waals surface area contributed by atoms with Crippen LogP contribution in [0.15, 0.2) is 17.0 Å². The van der Waals surface area contributed by atoms with Crippen LogP contribution < -0.4 is 5.73 Å². The molecule has 1 aliphatic heterocycles. The monoisotopic (exact) mass is 320 g/mol. The van der Waals surface area contributed by atoms with E-state index in [0.717, 1.165) is 6.07 Å². The van der Waals surface area contributed by atoms with Crippen molar-refractivity contribution in [2.75, 3.05) is 25.4 Å². The topological polar surface area (TPSA) is 72.6 Å². The average Bonchev–Trinajstić information content (AvgIpc) is 2.43. The Morgan fingerprint density at radius 2 is 1.90 bits per heavy atom. The van der Waals surface area contributed by atoms with Gasteiger partial charge in [0.1, 0.15) is 16.5 Å². The summed E-state index contributed by atoms with van der Waals surface area (Å²) in [5.41, 5.74) is 4.94. The molecule has 0 saturated carbocycles. The first kappa shape index (κ1) is 16.1. The van der Waals surface area contributed by atoms with Crippen molar-refractivity contribution < 1.29 is 21.9 Å². The average molecular weight is 320 g/mol. The van der Waals surface area contributed by atoms with Gasteiger partial charge in [0.25, 0.3) is 0 Å². The number of ether oxygens (including phenoxy) is 1. The highest BCUT2D eigenvalue weighted by molar-refractivity contribution is 7.89. The van der Waals surface area contributed by atoms with Crippen LogP contribution in [0.4, 0.5) is 14.5 Å². The van der Waals surface area contributed by atoms with Gasteiger partial charge >= 0.3 is 0 Å². The fourth-order valence-corrected chi connectivity index (χ4v) is 3.91. The molecule has 0 radical (unpaired) electrons.